The van der Waals surface area contributed by atoms with Crippen molar-refractivity contribution < 1.29 is 23.7 Å². The Kier molecular flexibility index (Phi) is 9.07. The van der Waals surface area contributed by atoms with Crippen LogP contribution in [0.4, 0.5) is 10.6 Å². The average molecular weight is 528 g/mol. The van der Waals surface area contributed by atoms with Crippen LogP contribution in [0.3, 0.4) is 0 Å². The highest BCUT2D eigenvalue weighted by Gasteiger charge is 2.31. The number of ether oxygens (including phenoxy) is 4. The fourth-order valence-corrected chi connectivity index (χ4v) is 4.86. The lowest BCUT2D eigenvalue weighted by Gasteiger charge is -2.38. The molecule has 2 aromatic rings. The molecule has 38 heavy (non-hydrogen) atoms. The number of piperazine rings is 1. The fraction of sp³-hybridized carbons (Fsp3) is 0.607. The van der Waals surface area contributed by atoms with Crippen molar-refractivity contribution in [2.45, 2.75) is 65.2 Å². The number of nitrogens with zero attached hydrogens (tertiary/aromatic N) is 5. The molecule has 4 rings (SSSR count). The van der Waals surface area contributed by atoms with Gasteiger partial charge < -0.3 is 28.7 Å². The third kappa shape index (κ3) is 7.12. The number of aromatic nitrogens is 2. The van der Waals surface area contributed by atoms with Crippen LogP contribution in [0.5, 0.6) is 6.01 Å². The standard InChI is InChI=1S/C28H41N5O5/c1-20(25(35-5)36-6)37-26-29-23-19-31(18-21-10-8-7-9-11-21)13-12-22(23)24(30-26)32-14-16-33(17-15-32)27(34)38-28(2,3)4/h7-11,20,25H,12-19H2,1-6H3/t20-/m1/s1. The highest BCUT2D eigenvalue weighted by atomic mass is 16.7. The molecule has 0 unspecified atom stereocenters. The summed E-state index contributed by atoms with van der Waals surface area (Å²) in [6.45, 7) is 12.5. The highest BCUT2D eigenvalue weighted by molar-refractivity contribution is 5.68. The molecule has 0 N–H and O–H groups in total. The maximum atomic E-state index is 12.6. The van der Waals surface area contributed by atoms with Crippen LogP contribution in [-0.4, -0.2) is 90.8 Å². The first-order valence-corrected chi connectivity index (χ1v) is 13.3. The number of carbonyl (C=O) groups excluding carboxylic acids is 1. The van der Waals surface area contributed by atoms with Crippen LogP contribution in [-0.2, 0) is 33.7 Å². The van der Waals surface area contributed by atoms with E-state index < -0.39 is 18.0 Å². The van der Waals surface area contributed by atoms with E-state index in [-0.39, 0.29) is 6.09 Å². The minimum absolute atomic E-state index is 0.276. The van der Waals surface area contributed by atoms with Crippen molar-refractivity contribution in [2.24, 2.45) is 0 Å². The normalized spacial score (nSPS) is 17.3. The molecule has 1 aromatic carbocycles. The molecule has 2 aliphatic heterocycles. The molecule has 10 heteroatoms. The van der Waals surface area contributed by atoms with Gasteiger partial charge in [-0.1, -0.05) is 30.3 Å². The van der Waals surface area contributed by atoms with Gasteiger partial charge in [-0.2, -0.15) is 9.97 Å². The summed E-state index contributed by atoms with van der Waals surface area (Å²) in [4.78, 5) is 28.7. The quantitative estimate of drug-likeness (QED) is 0.479. The van der Waals surface area contributed by atoms with Crippen LogP contribution in [0.15, 0.2) is 30.3 Å². The summed E-state index contributed by atoms with van der Waals surface area (Å²) in [5.74, 6) is 0.881. The summed E-state index contributed by atoms with van der Waals surface area (Å²) in [6, 6.07) is 10.8. The maximum Gasteiger partial charge on any atom is 0.410 e. The zero-order valence-corrected chi connectivity index (χ0v) is 23.5. The number of fused-ring (bicyclic) bond motifs is 1. The Morgan fingerprint density at radius 2 is 1.68 bits per heavy atom. The second kappa shape index (κ2) is 12.3. The first-order valence-electron chi connectivity index (χ1n) is 13.3. The van der Waals surface area contributed by atoms with Crippen LogP contribution >= 0.6 is 0 Å². The summed E-state index contributed by atoms with van der Waals surface area (Å²) >= 11 is 0. The molecule has 0 radical (unpaired) electrons. The van der Waals surface area contributed by atoms with Crippen LogP contribution in [0, 0.1) is 0 Å². The second-order valence-electron chi connectivity index (χ2n) is 10.8. The summed E-state index contributed by atoms with van der Waals surface area (Å²) < 4.78 is 22.4. The zero-order chi connectivity index (χ0) is 27.3. The minimum Gasteiger partial charge on any atom is -0.455 e. The van der Waals surface area contributed by atoms with Gasteiger partial charge in [0.05, 0.1) is 5.69 Å². The van der Waals surface area contributed by atoms with E-state index in [0.29, 0.717) is 38.7 Å². The van der Waals surface area contributed by atoms with Crippen LogP contribution in [0.1, 0.15) is 44.5 Å². The largest absolute Gasteiger partial charge is 0.455 e. The maximum absolute atomic E-state index is 12.6. The van der Waals surface area contributed by atoms with Crippen molar-refractivity contribution in [2.75, 3.05) is 51.8 Å². The Morgan fingerprint density at radius 3 is 2.32 bits per heavy atom. The van der Waals surface area contributed by atoms with E-state index in [9.17, 15) is 4.79 Å². The zero-order valence-electron chi connectivity index (χ0n) is 23.5. The van der Waals surface area contributed by atoms with E-state index in [1.807, 2.05) is 33.8 Å². The molecule has 2 aliphatic rings. The fourth-order valence-electron chi connectivity index (χ4n) is 4.86. The Morgan fingerprint density at radius 1 is 1.00 bits per heavy atom. The molecule has 1 saturated heterocycles. The Labute approximate surface area is 225 Å². The molecule has 0 spiro atoms. The van der Waals surface area contributed by atoms with Crippen LogP contribution in [0.25, 0.3) is 0 Å². The van der Waals surface area contributed by atoms with E-state index in [0.717, 1.165) is 36.6 Å². The van der Waals surface area contributed by atoms with Gasteiger partial charge in [0.2, 0.25) is 0 Å². The predicted octanol–water partition coefficient (Wildman–Crippen LogP) is 3.48. The van der Waals surface area contributed by atoms with Gasteiger partial charge in [0.15, 0.2) is 6.29 Å². The molecule has 3 heterocycles. The van der Waals surface area contributed by atoms with Gasteiger partial charge in [0, 0.05) is 65.6 Å². The first-order chi connectivity index (χ1) is 18.2. The molecule has 10 nitrogen and oxygen atoms in total. The number of benzene rings is 1. The molecule has 1 fully saturated rings. The van der Waals surface area contributed by atoms with Gasteiger partial charge in [0.25, 0.3) is 0 Å². The lowest BCUT2D eigenvalue weighted by Crippen LogP contribution is -2.50. The third-order valence-electron chi connectivity index (χ3n) is 6.72. The van der Waals surface area contributed by atoms with Crippen molar-refractivity contribution in [1.29, 1.82) is 0 Å². The molecule has 0 aliphatic carbocycles. The summed E-state index contributed by atoms with van der Waals surface area (Å²) in [7, 11) is 3.16. The van der Waals surface area contributed by atoms with Gasteiger partial charge in [-0.3, -0.25) is 4.90 Å². The van der Waals surface area contributed by atoms with E-state index in [1.165, 1.54) is 5.56 Å². The molecule has 0 saturated carbocycles. The Bertz CT molecular complexity index is 1070. The molecule has 0 bridgehead atoms. The van der Waals surface area contributed by atoms with Gasteiger partial charge in [-0.25, -0.2) is 4.79 Å². The topological polar surface area (TPSA) is 89.5 Å². The van der Waals surface area contributed by atoms with Crippen LogP contribution < -0.4 is 9.64 Å². The van der Waals surface area contributed by atoms with E-state index >= 15 is 0 Å². The smallest absolute Gasteiger partial charge is 0.410 e. The van der Waals surface area contributed by atoms with Crippen molar-refractivity contribution in [1.82, 2.24) is 19.8 Å². The third-order valence-corrected chi connectivity index (χ3v) is 6.72. The number of anilines is 1. The Hall–Kier alpha value is -2.95. The van der Waals surface area contributed by atoms with Crippen molar-refractivity contribution in [3.8, 4) is 6.01 Å². The molecular formula is C28H41N5O5. The number of hydrogen-bond donors (Lipinski definition) is 0. The Balaban J connectivity index is 1.54. The highest BCUT2D eigenvalue weighted by Crippen LogP contribution is 2.30. The monoisotopic (exact) mass is 527 g/mol. The van der Waals surface area contributed by atoms with E-state index in [4.69, 9.17) is 28.9 Å². The van der Waals surface area contributed by atoms with Crippen molar-refractivity contribution in [3.63, 3.8) is 0 Å². The summed E-state index contributed by atoms with van der Waals surface area (Å²) in [5.41, 5.74) is 2.88. The number of carbonyl (C=O) groups is 1. The number of hydrogen-bond acceptors (Lipinski definition) is 9. The van der Waals surface area contributed by atoms with Gasteiger partial charge in [0.1, 0.15) is 17.5 Å². The number of rotatable bonds is 8. The van der Waals surface area contributed by atoms with Gasteiger partial charge >= 0.3 is 12.1 Å². The molecule has 1 aromatic heterocycles. The predicted molar refractivity (Wildman–Crippen MR) is 144 cm³/mol. The van der Waals surface area contributed by atoms with Crippen LogP contribution in [0.2, 0.25) is 0 Å². The lowest BCUT2D eigenvalue weighted by molar-refractivity contribution is -0.152. The van der Waals surface area contributed by atoms with E-state index in [1.54, 1.807) is 19.1 Å². The number of methoxy groups -OCH3 is 2. The molecular weight excluding hydrogens is 486 g/mol. The van der Waals surface area contributed by atoms with Gasteiger partial charge in [-0.05, 0) is 39.7 Å². The van der Waals surface area contributed by atoms with Gasteiger partial charge in [-0.15, -0.1) is 0 Å². The minimum atomic E-state index is -0.537. The summed E-state index contributed by atoms with van der Waals surface area (Å²) in [5, 5.41) is 0. The molecule has 208 valence electrons. The first kappa shape index (κ1) is 28.1. The van der Waals surface area contributed by atoms with E-state index in [2.05, 4.69) is 34.1 Å². The van der Waals surface area contributed by atoms with Crippen molar-refractivity contribution in [3.05, 3.63) is 47.2 Å². The lowest BCUT2D eigenvalue weighted by atomic mass is 10.0. The van der Waals surface area contributed by atoms with Crippen molar-refractivity contribution >= 4 is 11.9 Å². The molecule has 1 amide bonds. The SMILES string of the molecule is COC(OC)[C@@H](C)Oc1nc2c(c(N3CCN(C(=O)OC(C)(C)C)CC3)n1)CCN(Cc1ccccc1)C2. The average Bonchev–Trinajstić information content (AvgIpc) is 2.88. The summed E-state index contributed by atoms with van der Waals surface area (Å²) in [6.07, 6.45) is -0.367. The number of amides is 1. The second-order valence-corrected chi connectivity index (χ2v) is 10.8. The molecule has 1 atom stereocenters.